The van der Waals surface area contributed by atoms with E-state index in [1.165, 1.54) is 12.1 Å². The summed E-state index contributed by atoms with van der Waals surface area (Å²) >= 11 is 0. The summed E-state index contributed by atoms with van der Waals surface area (Å²) in [5, 5.41) is 0. The van der Waals surface area contributed by atoms with E-state index in [1.807, 2.05) is 30.3 Å². The van der Waals surface area contributed by atoms with Gasteiger partial charge >= 0.3 is 12.1 Å². The van der Waals surface area contributed by atoms with E-state index in [0.717, 1.165) is 17.7 Å². The van der Waals surface area contributed by atoms with E-state index < -0.39 is 23.8 Å². The number of rotatable bonds is 3. The zero-order valence-electron chi connectivity index (χ0n) is 11.9. The predicted molar refractivity (Wildman–Crippen MR) is 78.0 cm³/mol. The van der Waals surface area contributed by atoms with Crippen molar-refractivity contribution in [2.75, 3.05) is 0 Å². The topological polar surface area (TPSA) is 38.7 Å². The average molecular weight is 319 g/mol. The van der Waals surface area contributed by atoms with Gasteiger partial charge in [-0.3, -0.25) is 0 Å². The van der Waals surface area contributed by atoms with Gasteiger partial charge in [-0.1, -0.05) is 30.3 Å². The number of carbonyl (C=O) groups is 1. The number of hydrogen-bond donors (Lipinski definition) is 0. The summed E-state index contributed by atoms with van der Waals surface area (Å²) in [6.07, 6.45) is -4.01. The van der Waals surface area contributed by atoms with Crippen molar-refractivity contribution < 1.29 is 22.7 Å². The fourth-order valence-electron chi connectivity index (χ4n) is 2.29. The van der Waals surface area contributed by atoms with Crippen molar-refractivity contribution in [2.45, 2.75) is 18.6 Å². The number of hydrogen-bond acceptors (Lipinski definition) is 3. The van der Waals surface area contributed by atoms with Crippen LogP contribution in [0.4, 0.5) is 13.2 Å². The lowest BCUT2D eigenvalue weighted by Gasteiger charge is -2.06. The summed E-state index contributed by atoms with van der Waals surface area (Å²) in [7, 11) is 0. The van der Waals surface area contributed by atoms with Gasteiger partial charge < -0.3 is 4.74 Å². The Bertz CT molecular complexity index is 737. The second-order valence-electron chi connectivity index (χ2n) is 5.14. The Morgan fingerprint density at radius 2 is 1.65 bits per heavy atom. The van der Waals surface area contributed by atoms with Crippen molar-refractivity contribution in [3.05, 3.63) is 71.3 Å². The largest absolute Gasteiger partial charge is 0.416 e. The van der Waals surface area contributed by atoms with Crippen molar-refractivity contribution in [1.82, 2.24) is 0 Å². The van der Waals surface area contributed by atoms with Crippen LogP contribution in [-0.2, 0) is 22.1 Å². The number of alkyl halides is 3. The van der Waals surface area contributed by atoms with Crippen molar-refractivity contribution >= 4 is 11.9 Å². The number of carbonyl (C=O) groups excluding carboxylic acids is 1. The quantitative estimate of drug-likeness (QED) is 0.811. The van der Waals surface area contributed by atoms with Gasteiger partial charge in [0.15, 0.2) is 6.04 Å². The molecule has 0 aromatic heterocycles. The van der Waals surface area contributed by atoms with E-state index in [2.05, 4.69) is 4.99 Å². The Morgan fingerprint density at radius 3 is 2.26 bits per heavy atom. The van der Waals surface area contributed by atoms with Gasteiger partial charge in [0.05, 0.1) is 5.56 Å². The Hall–Kier alpha value is -2.63. The maximum absolute atomic E-state index is 12.5. The fourth-order valence-corrected chi connectivity index (χ4v) is 2.29. The molecule has 23 heavy (non-hydrogen) atoms. The molecule has 0 fully saturated rings. The maximum Gasteiger partial charge on any atom is 0.416 e. The monoisotopic (exact) mass is 319 g/mol. The lowest BCUT2D eigenvalue weighted by atomic mass is 10.1. The van der Waals surface area contributed by atoms with Crippen LogP contribution in [0, 0.1) is 0 Å². The second kappa shape index (κ2) is 5.87. The van der Waals surface area contributed by atoms with Gasteiger partial charge in [0, 0.05) is 12.0 Å². The maximum atomic E-state index is 12.5. The molecule has 6 heteroatoms. The summed E-state index contributed by atoms with van der Waals surface area (Å²) in [6.45, 7) is 0. The van der Waals surface area contributed by atoms with E-state index in [1.54, 1.807) is 0 Å². The Labute approximate surface area is 130 Å². The Morgan fingerprint density at radius 1 is 1.00 bits per heavy atom. The molecule has 2 aromatic rings. The first-order valence-electron chi connectivity index (χ1n) is 6.94. The van der Waals surface area contributed by atoms with Gasteiger partial charge in [-0.15, -0.1) is 0 Å². The van der Waals surface area contributed by atoms with Gasteiger partial charge in [-0.2, -0.15) is 13.2 Å². The molecule has 0 amide bonds. The van der Waals surface area contributed by atoms with Crippen LogP contribution in [0.3, 0.4) is 0 Å². The minimum absolute atomic E-state index is 0.0599. The first kappa shape index (κ1) is 15.3. The van der Waals surface area contributed by atoms with E-state index in [9.17, 15) is 18.0 Å². The lowest BCUT2D eigenvalue weighted by molar-refractivity contribution is -0.137. The van der Waals surface area contributed by atoms with E-state index in [0.29, 0.717) is 12.0 Å². The normalized spacial score (nSPS) is 17.8. The number of cyclic esters (lactones) is 1. The van der Waals surface area contributed by atoms with Crippen LogP contribution in [0.1, 0.15) is 16.7 Å². The standard InChI is InChI=1S/C17H12F3NO2/c18-17(19,20)13-8-6-12(7-9-13)15-21-14(16(22)23-15)10-11-4-2-1-3-5-11/h1-9,14H,10H2/t14-/m0/s1. The molecular formula is C17H12F3NO2. The van der Waals surface area contributed by atoms with Crippen LogP contribution >= 0.6 is 0 Å². The molecule has 0 radical (unpaired) electrons. The number of halogens is 3. The van der Waals surface area contributed by atoms with Gasteiger partial charge in [0.25, 0.3) is 0 Å². The molecule has 1 aliphatic rings. The highest BCUT2D eigenvalue weighted by Gasteiger charge is 2.32. The molecular weight excluding hydrogens is 307 g/mol. The molecule has 118 valence electrons. The zero-order valence-corrected chi connectivity index (χ0v) is 11.9. The van der Waals surface area contributed by atoms with Crippen LogP contribution in [0.25, 0.3) is 0 Å². The molecule has 2 aromatic carbocycles. The summed E-state index contributed by atoms with van der Waals surface area (Å²) in [5.41, 5.74) is 0.529. The van der Waals surface area contributed by atoms with Gasteiger partial charge in [-0.05, 0) is 29.8 Å². The van der Waals surface area contributed by atoms with Crippen LogP contribution in [0.15, 0.2) is 59.6 Å². The Balaban J connectivity index is 1.78. The minimum atomic E-state index is -4.40. The Kier molecular flexibility index (Phi) is 3.90. The van der Waals surface area contributed by atoms with E-state index >= 15 is 0 Å². The number of esters is 1. The summed E-state index contributed by atoms with van der Waals surface area (Å²) in [6, 6.07) is 13.0. The van der Waals surface area contributed by atoms with Gasteiger partial charge in [-0.25, -0.2) is 9.79 Å². The molecule has 0 spiro atoms. The molecule has 0 unspecified atom stereocenters. The minimum Gasteiger partial charge on any atom is -0.406 e. The molecule has 1 aliphatic heterocycles. The molecule has 0 saturated carbocycles. The third-order valence-electron chi connectivity index (χ3n) is 3.47. The molecule has 1 atom stereocenters. The lowest BCUT2D eigenvalue weighted by Crippen LogP contribution is -2.17. The van der Waals surface area contributed by atoms with Crippen molar-refractivity contribution in [1.29, 1.82) is 0 Å². The number of benzene rings is 2. The average Bonchev–Trinajstić information content (AvgIpc) is 2.89. The molecule has 1 heterocycles. The van der Waals surface area contributed by atoms with Gasteiger partial charge in [0.1, 0.15) is 0 Å². The van der Waals surface area contributed by atoms with Crippen molar-refractivity contribution in [3.8, 4) is 0 Å². The molecule has 0 N–H and O–H groups in total. The first-order valence-corrected chi connectivity index (χ1v) is 6.94. The smallest absolute Gasteiger partial charge is 0.406 e. The van der Waals surface area contributed by atoms with Crippen LogP contribution in [0.5, 0.6) is 0 Å². The predicted octanol–water partition coefficient (Wildman–Crippen LogP) is 3.62. The number of ether oxygens (including phenoxy) is 1. The number of aliphatic imine (C=N–C) groups is 1. The van der Waals surface area contributed by atoms with Crippen LogP contribution < -0.4 is 0 Å². The summed E-state index contributed by atoms with van der Waals surface area (Å²) in [5.74, 6) is -0.437. The van der Waals surface area contributed by atoms with E-state index in [4.69, 9.17) is 4.74 Å². The highest BCUT2D eigenvalue weighted by atomic mass is 19.4. The highest BCUT2D eigenvalue weighted by molar-refractivity contribution is 6.06. The van der Waals surface area contributed by atoms with Crippen molar-refractivity contribution in [2.24, 2.45) is 4.99 Å². The fraction of sp³-hybridized carbons (Fsp3) is 0.176. The zero-order chi connectivity index (χ0) is 16.4. The third kappa shape index (κ3) is 3.41. The van der Waals surface area contributed by atoms with E-state index in [-0.39, 0.29) is 5.90 Å². The summed E-state index contributed by atoms with van der Waals surface area (Å²) in [4.78, 5) is 16.1. The van der Waals surface area contributed by atoms with Crippen LogP contribution in [0.2, 0.25) is 0 Å². The molecule has 0 saturated heterocycles. The third-order valence-corrected chi connectivity index (χ3v) is 3.47. The summed E-state index contributed by atoms with van der Waals surface area (Å²) < 4.78 is 42.7. The number of nitrogens with zero attached hydrogens (tertiary/aromatic N) is 1. The van der Waals surface area contributed by atoms with Crippen molar-refractivity contribution in [3.63, 3.8) is 0 Å². The molecule has 0 aliphatic carbocycles. The molecule has 0 bridgehead atoms. The molecule has 3 rings (SSSR count). The molecule has 3 nitrogen and oxygen atoms in total. The first-order chi connectivity index (χ1) is 10.9. The second-order valence-corrected chi connectivity index (χ2v) is 5.14. The highest BCUT2D eigenvalue weighted by Crippen LogP contribution is 2.29. The van der Waals surface area contributed by atoms with Gasteiger partial charge in [0.2, 0.25) is 5.90 Å². The van der Waals surface area contributed by atoms with Crippen LogP contribution in [-0.4, -0.2) is 17.9 Å². The SMILES string of the molecule is O=C1OC(c2ccc(C(F)(F)F)cc2)=N[C@H]1Cc1ccccc1.